The highest BCUT2D eigenvalue weighted by atomic mass is 19.1. The molecule has 36 heavy (non-hydrogen) atoms. The number of carbonyl (C=O) groups is 4. The topological polar surface area (TPSA) is 105 Å². The van der Waals surface area contributed by atoms with Gasteiger partial charge >= 0.3 is 23.9 Å². The van der Waals surface area contributed by atoms with Crippen molar-refractivity contribution in [1.29, 1.82) is 0 Å². The molecule has 3 rings (SSSR count). The minimum absolute atomic E-state index is 0.0312. The van der Waals surface area contributed by atoms with Crippen molar-refractivity contribution in [3.8, 4) is 17.2 Å². The predicted molar refractivity (Wildman–Crippen MR) is 126 cm³/mol. The Bertz CT molecular complexity index is 1150. The van der Waals surface area contributed by atoms with Gasteiger partial charge in [-0.05, 0) is 74.2 Å². The Kier molecular flexibility index (Phi) is 9.10. The third-order valence-corrected chi connectivity index (χ3v) is 5.26. The highest BCUT2D eigenvalue weighted by Gasteiger charge is 2.21. The number of ether oxygens (including phenoxy) is 4. The Morgan fingerprint density at radius 3 is 1.81 bits per heavy atom. The average Bonchev–Trinajstić information content (AvgIpc) is 2.86. The summed E-state index contributed by atoms with van der Waals surface area (Å²) in [7, 11) is 0. The van der Waals surface area contributed by atoms with Crippen LogP contribution in [0.25, 0.3) is 0 Å². The van der Waals surface area contributed by atoms with E-state index in [0.717, 1.165) is 32.1 Å². The SMILES string of the molecule is C=C(F)C(=O)Oc1ccc(C(=O)Oc2ccc(OC(=O)C(=C)CC(=O)OC3CCCCC3)cc2)cc1. The summed E-state index contributed by atoms with van der Waals surface area (Å²) in [5.74, 6) is -4.06. The summed E-state index contributed by atoms with van der Waals surface area (Å²) in [6, 6.07) is 11.0. The lowest BCUT2D eigenvalue weighted by Gasteiger charge is -2.21. The van der Waals surface area contributed by atoms with E-state index in [9.17, 15) is 23.6 Å². The second-order valence-electron chi connectivity index (χ2n) is 8.10. The van der Waals surface area contributed by atoms with Gasteiger partial charge in [0.1, 0.15) is 23.4 Å². The van der Waals surface area contributed by atoms with E-state index in [4.69, 9.17) is 18.9 Å². The molecule has 0 spiro atoms. The third kappa shape index (κ3) is 7.90. The van der Waals surface area contributed by atoms with Crippen LogP contribution < -0.4 is 14.2 Å². The molecule has 0 bridgehead atoms. The zero-order valence-corrected chi connectivity index (χ0v) is 19.5. The van der Waals surface area contributed by atoms with Crippen molar-refractivity contribution < 1.29 is 42.5 Å². The van der Waals surface area contributed by atoms with Crippen LogP contribution in [-0.4, -0.2) is 30.0 Å². The van der Waals surface area contributed by atoms with Gasteiger partial charge in [0.25, 0.3) is 0 Å². The van der Waals surface area contributed by atoms with E-state index in [1.54, 1.807) is 0 Å². The summed E-state index contributed by atoms with van der Waals surface area (Å²) in [6.45, 7) is 6.45. The summed E-state index contributed by atoms with van der Waals surface area (Å²) < 4.78 is 33.3. The second kappa shape index (κ2) is 12.4. The van der Waals surface area contributed by atoms with E-state index in [-0.39, 0.29) is 40.9 Å². The molecule has 1 aliphatic rings. The molecule has 9 heteroatoms. The van der Waals surface area contributed by atoms with Crippen LogP contribution in [0, 0.1) is 0 Å². The Hall–Kier alpha value is -4.27. The van der Waals surface area contributed by atoms with Gasteiger partial charge in [-0.1, -0.05) is 19.6 Å². The van der Waals surface area contributed by atoms with E-state index in [0.29, 0.717) is 0 Å². The molecule has 2 aromatic rings. The molecule has 0 heterocycles. The molecular formula is C27H25FO8. The summed E-state index contributed by atoms with van der Waals surface area (Å²) in [4.78, 5) is 47.8. The number of esters is 4. The summed E-state index contributed by atoms with van der Waals surface area (Å²) in [5.41, 5.74) is 0.122. The normalized spacial score (nSPS) is 13.2. The Labute approximate surface area is 207 Å². The fourth-order valence-electron chi connectivity index (χ4n) is 3.40. The van der Waals surface area contributed by atoms with Crippen molar-refractivity contribution in [2.24, 2.45) is 0 Å². The molecule has 0 aliphatic heterocycles. The molecule has 188 valence electrons. The molecular weight excluding hydrogens is 471 g/mol. The molecule has 0 unspecified atom stereocenters. The van der Waals surface area contributed by atoms with Gasteiger partial charge in [0, 0.05) is 5.57 Å². The highest BCUT2D eigenvalue weighted by molar-refractivity contribution is 5.94. The number of rotatable bonds is 9. The van der Waals surface area contributed by atoms with Gasteiger partial charge in [-0.15, -0.1) is 0 Å². The second-order valence-corrected chi connectivity index (χ2v) is 8.10. The molecule has 1 aliphatic carbocycles. The van der Waals surface area contributed by atoms with Crippen LogP contribution in [0.15, 0.2) is 73.1 Å². The highest BCUT2D eigenvalue weighted by Crippen LogP contribution is 2.23. The van der Waals surface area contributed by atoms with Crippen molar-refractivity contribution in [2.75, 3.05) is 0 Å². The minimum atomic E-state index is -1.24. The van der Waals surface area contributed by atoms with Crippen LogP contribution >= 0.6 is 0 Å². The van der Waals surface area contributed by atoms with E-state index in [1.165, 1.54) is 48.5 Å². The van der Waals surface area contributed by atoms with Crippen LogP contribution in [-0.2, 0) is 19.1 Å². The average molecular weight is 496 g/mol. The first kappa shape index (κ1) is 26.3. The Balaban J connectivity index is 1.47. The molecule has 0 atom stereocenters. The van der Waals surface area contributed by atoms with E-state index >= 15 is 0 Å². The van der Waals surface area contributed by atoms with Crippen molar-refractivity contribution >= 4 is 23.9 Å². The van der Waals surface area contributed by atoms with E-state index in [1.807, 2.05) is 0 Å². The first-order chi connectivity index (χ1) is 17.2. The number of hydrogen-bond acceptors (Lipinski definition) is 8. The lowest BCUT2D eigenvalue weighted by atomic mass is 9.98. The molecule has 1 fully saturated rings. The fourth-order valence-corrected chi connectivity index (χ4v) is 3.40. The lowest BCUT2D eigenvalue weighted by Crippen LogP contribution is -2.22. The smallest absolute Gasteiger partial charge is 0.371 e. The largest absolute Gasteiger partial charge is 0.462 e. The van der Waals surface area contributed by atoms with Crippen LogP contribution in [0.2, 0.25) is 0 Å². The Morgan fingerprint density at radius 1 is 0.750 bits per heavy atom. The molecule has 0 saturated heterocycles. The van der Waals surface area contributed by atoms with Crippen molar-refractivity contribution in [3.63, 3.8) is 0 Å². The third-order valence-electron chi connectivity index (χ3n) is 5.26. The summed E-state index contributed by atoms with van der Waals surface area (Å²) >= 11 is 0. The standard InChI is InChI=1S/C27H25FO8/c1-17(16-24(29)33-20-6-4-3-5-7-20)25(30)34-22-12-14-23(15-13-22)36-27(32)19-8-10-21(11-9-19)35-26(31)18(2)28/h8-15,20H,1-7,16H2. The van der Waals surface area contributed by atoms with Crippen molar-refractivity contribution in [2.45, 2.75) is 44.6 Å². The van der Waals surface area contributed by atoms with Gasteiger partial charge in [-0.3, -0.25) is 4.79 Å². The van der Waals surface area contributed by atoms with Crippen molar-refractivity contribution in [1.82, 2.24) is 0 Å². The Morgan fingerprint density at radius 2 is 1.25 bits per heavy atom. The minimum Gasteiger partial charge on any atom is -0.462 e. The molecule has 0 radical (unpaired) electrons. The molecule has 8 nitrogen and oxygen atoms in total. The van der Waals surface area contributed by atoms with Gasteiger partial charge in [0.15, 0.2) is 0 Å². The molecule has 0 N–H and O–H groups in total. The van der Waals surface area contributed by atoms with Gasteiger partial charge in [0.2, 0.25) is 5.83 Å². The number of halogens is 1. The van der Waals surface area contributed by atoms with Crippen LogP contribution in [0.3, 0.4) is 0 Å². The molecule has 0 aromatic heterocycles. The fraction of sp³-hybridized carbons (Fsp3) is 0.259. The first-order valence-electron chi connectivity index (χ1n) is 11.3. The van der Waals surface area contributed by atoms with Gasteiger partial charge in [-0.2, -0.15) is 4.39 Å². The van der Waals surface area contributed by atoms with Crippen LogP contribution in [0.4, 0.5) is 4.39 Å². The molecule has 1 saturated carbocycles. The maximum absolute atomic E-state index is 12.7. The number of benzene rings is 2. The molecule has 0 amide bonds. The monoisotopic (exact) mass is 496 g/mol. The predicted octanol–water partition coefficient (Wildman–Crippen LogP) is 5.02. The van der Waals surface area contributed by atoms with Gasteiger partial charge < -0.3 is 18.9 Å². The van der Waals surface area contributed by atoms with Crippen LogP contribution in [0.5, 0.6) is 17.2 Å². The number of hydrogen-bond donors (Lipinski definition) is 0. The number of carbonyl (C=O) groups excluding carboxylic acids is 4. The summed E-state index contributed by atoms with van der Waals surface area (Å²) in [6.07, 6.45) is 4.47. The van der Waals surface area contributed by atoms with Crippen LogP contribution in [0.1, 0.15) is 48.9 Å². The van der Waals surface area contributed by atoms with E-state index in [2.05, 4.69) is 13.2 Å². The maximum Gasteiger partial charge on any atom is 0.371 e. The zero-order valence-electron chi connectivity index (χ0n) is 19.5. The van der Waals surface area contributed by atoms with Gasteiger partial charge in [0.05, 0.1) is 12.0 Å². The first-order valence-corrected chi connectivity index (χ1v) is 11.3. The quantitative estimate of drug-likeness (QED) is 0.271. The molecule has 2 aromatic carbocycles. The zero-order chi connectivity index (χ0) is 26.1. The summed E-state index contributed by atoms with van der Waals surface area (Å²) in [5, 5.41) is 0. The van der Waals surface area contributed by atoms with Gasteiger partial charge in [-0.25, -0.2) is 14.4 Å². The van der Waals surface area contributed by atoms with E-state index < -0.39 is 29.7 Å². The lowest BCUT2D eigenvalue weighted by molar-refractivity contribution is -0.150. The van der Waals surface area contributed by atoms with Crippen molar-refractivity contribution in [3.05, 3.63) is 78.7 Å². The maximum atomic E-state index is 12.7.